The average Bonchev–Trinajstić information content (AvgIpc) is 3.24. The number of hydrogen-bond acceptors (Lipinski definition) is 5. The fourth-order valence-corrected chi connectivity index (χ4v) is 3.90. The molecule has 0 aliphatic carbocycles. The lowest BCUT2D eigenvalue weighted by atomic mass is 10.2. The summed E-state index contributed by atoms with van der Waals surface area (Å²) in [6.45, 7) is 0.861. The predicted molar refractivity (Wildman–Crippen MR) is 115 cm³/mol. The van der Waals surface area contributed by atoms with Crippen LogP contribution in [-0.2, 0) is 6.54 Å². The third-order valence-corrected chi connectivity index (χ3v) is 5.10. The van der Waals surface area contributed by atoms with Crippen molar-refractivity contribution in [2.45, 2.75) is 6.54 Å². The summed E-state index contributed by atoms with van der Waals surface area (Å²) in [4.78, 5) is 21.8. The first kappa shape index (κ1) is 18.1. The van der Waals surface area contributed by atoms with E-state index in [1.807, 2.05) is 50.6 Å². The summed E-state index contributed by atoms with van der Waals surface area (Å²) in [6.07, 6.45) is 3.47. The van der Waals surface area contributed by atoms with Crippen LogP contribution in [0.5, 0.6) is 0 Å². The van der Waals surface area contributed by atoms with Gasteiger partial charge in [0, 0.05) is 29.2 Å². The lowest BCUT2D eigenvalue weighted by Gasteiger charge is -2.08. The van der Waals surface area contributed by atoms with E-state index < -0.39 is 6.03 Å². The van der Waals surface area contributed by atoms with Crippen LogP contribution in [0.1, 0.15) is 11.1 Å². The smallest absolute Gasteiger partial charge is 0.341 e. The summed E-state index contributed by atoms with van der Waals surface area (Å²) in [5.41, 5.74) is 6.49. The second kappa shape index (κ2) is 7.79. The first-order chi connectivity index (χ1) is 13.6. The minimum Gasteiger partial charge on any atom is -0.361 e. The van der Waals surface area contributed by atoms with E-state index in [0.29, 0.717) is 5.13 Å². The Hall–Kier alpha value is -3.23. The Morgan fingerprint density at radius 1 is 1.29 bits per heavy atom. The molecule has 0 fully saturated rings. The van der Waals surface area contributed by atoms with E-state index in [0.717, 1.165) is 33.2 Å². The molecule has 2 heterocycles. The average molecular weight is 392 g/mol. The Balaban J connectivity index is 1.40. The minimum atomic E-state index is -0.427. The van der Waals surface area contributed by atoms with Gasteiger partial charge in [-0.15, -0.1) is 0 Å². The molecule has 0 saturated carbocycles. The Labute approximate surface area is 166 Å². The molecule has 4 rings (SSSR count). The third-order valence-electron chi connectivity index (χ3n) is 4.16. The van der Waals surface area contributed by atoms with E-state index in [1.165, 1.54) is 16.9 Å². The SMILES string of the molecule is CN(C)Cc1ccc2nc(NC(=O)N/N=C/c3c[nH]c4ccccc34)sc2c1. The van der Waals surface area contributed by atoms with Gasteiger partial charge in [0.2, 0.25) is 0 Å². The number of para-hydroxylation sites is 1. The van der Waals surface area contributed by atoms with E-state index in [1.54, 1.807) is 6.21 Å². The molecule has 2 aromatic heterocycles. The molecule has 8 heteroatoms. The maximum atomic E-state index is 12.1. The summed E-state index contributed by atoms with van der Waals surface area (Å²) >= 11 is 1.44. The molecule has 0 spiro atoms. The van der Waals surface area contributed by atoms with Crippen molar-refractivity contribution >= 4 is 49.8 Å². The van der Waals surface area contributed by atoms with Crippen molar-refractivity contribution < 1.29 is 4.79 Å². The molecule has 3 N–H and O–H groups in total. The number of nitrogens with zero attached hydrogens (tertiary/aromatic N) is 3. The topological polar surface area (TPSA) is 85.4 Å². The second-order valence-electron chi connectivity index (χ2n) is 6.67. The van der Waals surface area contributed by atoms with Crippen LogP contribution in [0, 0.1) is 0 Å². The van der Waals surface area contributed by atoms with Gasteiger partial charge in [0.25, 0.3) is 0 Å². The zero-order valence-corrected chi connectivity index (χ0v) is 16.4. The van der Waals surface area contributed by atoms with E-state index in [2.05, 4.69) is 42.8 Å². The maximum absolute atomic E-state index is 12.1. The van der Waals surface area contributed by atoms with Crippen molar-refractivity contribution in [1.82, 2.24) is 20.3 Å². The molecule has 0 unspecified atom stereocenters. The number of nitrogens with one attached hydrogen (secondary N) is 3. The van der Waals surface area contributed by atoms with Gasteiger partial charge in [0.05, 0.1) is 16.4 Å². The number of anilines is 1. The van der Waals surface area contributed by atoms with E-state index in [4.69, 9.17) is 0 Å². The zero-order valence-electron chi connectivity index (χ0n) is 15.6. The number of thiazole rings is 1. The number of hydrogen-bond donors (Lipinski definition) is 3. The van der Waals surface area contributed by atoms with Gasteiger partial charge in [-0.25, -0.2) is 15.2 Å². The van der Waals surface area contributed by atoms with E-state index in [-0.39, 0.29) is 0 Å². The quantitative estimate of drug-likeness (QED) is 0.354. The number of aromatic amines is 1. The van der Waals surface area contributed by atoms with Crippen LogP contribution in [0.25, 0.3) is 21.1 Å². The zero-order chi connectivity index (χ0) is 19.5. The van der Waals surface area contributed by atoms with Gasteiger partial charge in [-0.3, -0.25) is 5.32 Å². The number of urea groups is 1. The van der Waals surface area contributed by atoms with Crippen LogP contribution in [0.2, 0.25) is 0 Å². The summed E-state index contributed by atoms with van der Waals surface area (Å²) in [5.74, 6) is 0. The van der Waals surface area contributed by atoms with Crippen molar-refractivity contribution in [1.29, 1.82) is 0 Å². The molecule has 0 bridgehead atoms. The summed E-state index contributed by atoms with van der Waals surface area (Å²) < 4.78 is 1.04. The largest absolute Gasteiger partial charge is 0.361 e. The van der Waals surface area contributed by atoms with Crippen LogP contribution in [-0.4, -0.2) is 41.2 Å². The molecule has 2 aromatic carbocycles. The van der Waals surface area contributed by atoms with Gasteiger partial charge in [0.1, 0.15) is 0 Å². The summed E-state index contributed by atoms with van der Waals surface area (Å²) in [5, 5.41) is 8.35. The maximum Gasteiger partial charge on any atom is 0.341 e. The van der Waals surface area contributed by atoms with Gasteiger partial charge in [0.15, 0.2) is 5.13 Å². The highest BCUT2D eigenvalue weighted by atomic mass is 32.1. The van der Waals surface area contributed by atoms with Crippen molar-refractivity contribution in [2.75, 3.05) is 19.4 Å². The number of amides is 2. The van der Waals surface area contributed by atoms with Crippen LogP contribution in [0.3, 0.4) is 0 Å². The molecule has 0 atom stereocenters. The number of hydrazone groups is 1. The number of H-pyrrole nitrogens is 1. The molecule has 0 aliphatic heterocycles. The van der Waals surface area contributed by atoms with Gasteiger partial charge in [-0.05, 0) is 37.9 Å². The summed E-state index contributed by atoms with van der Waals surface area (Å²) in [7, 11) is 4.07. The fourth-order valence-electron chi connectivity index (χ4n) is 2.97. The Morgan fingerprint density at radius 2 is 2.14 bits per heavy atom. The molecule has 2 amide bonds. The Kier molecular flexibility index (Phi) is 5.05. The van der Waals surface area contributed by atoms with Crippen LogP contribution >= 0.6 is 11.3 Å². The van der Waals surface area contributed by atoms with Crippen LogP contribution < -0.4 is 10.7 Å². The van der Waals surface area contributed by atoms with Crippen LogP contribution in [0.15, 0.2) is 53.8 Å². The lowest BCUT2D eigenvalue weighted by molar-refractivity contribution is 0.252. The standard InChI is InChI=1S/C20H20N6OS/c1-26(2)12-13-7-8-17-18(9-13)28-20(23-17)24-19(27)25-22-11-14-10-21-16-6-4-3-5-15(14)16/h3-11,21H,12H2,1-2H3,(H2,23,24,25,27)/b22-11+. The highest BCUT2D eigenvalue weighted by Gasteiger charge is 2.08. The van der Waals surface area contributed by atoms with Gasteiger partial charge in [-0.2, -0.15) is 5.10 Å². The number of aromatic nitrogens is 2. The van der Waals surface area contributed by atoms with Crippen molar-refractivity contribution in [3.8, 4) is 0 Å². The fraction of sp³-hybridized carbons (Fsp3) is 0.150. The number of carbonyl (C=O) groups excluding carboxylic acids is 1. The van der Waals surface area contributed by atoms with Crippen molar-refractivity contribution in [2.24, 2.45) is 5.10 Å². The highest BCUT2D eigenvalue weighted by Crippen LogP contribution is 2.27. The highest BCUT2D eigenvalue weighted by molar-refractivity contribution is 7.22. The molecular weight excluding hydrogens is 372 g/mol. The van der Waals surface area contributed by atoms with Crippen molar-refractivity contribution in [3.05, 3.63) is 59.8 Å². The molecular formula is C20H20N6OS. The van der Waals surface area contributed by atoms with Crippen molar-refractivity contribution in [3.63, 3.8) is 0 Å². The molecule has 0 saturated heterocycles. The molecule has 142 valence electrons. The van der Waals surface area contributed by atoms with Gasteiger partial charge >= 0.3 is 6.03 Å². The minimum absolute atomic E-state index is 0.427. The third kappa shape index (κ3) is 4.03. The lowest BCUT2D eigenvalue weighted by Crippen LogP contribution is -2.24. The monoisotopic (exact) mass is 392 g/mol. The summed E-state index contributed by atoms with van der Waals surface area (Å²) in [6, 6.07) is 13.6. The Morgan fingerprint density at radius 3 is 3.00 bits per heavy atom. The first-order valence-corrected chi connectivity index (χ1v) is 9.60. The molecule has 4 aromatic rings. The Bertz CT molecular complexity index is 1160. The van der Waals surface area contributed by atoms with E-state index >= 15 is 0 Å². The van der Waals surface area contributed by atoms with Crippen LogP contribution in [0.4, 0.5) is 9.93 Å². The van der Waals surface area contributed by atoms with Gasteiger partial charge < -0.3 is 9.88 Å². The second-order valence-corrected chi connectivity index (χ2v) is 7.70. The predicted octanol–water partition coefficient (Wildman–Crippen LogP) is 3.99. The number of fused-ring (bicyclic) bond motifs is 2. The molecule has 0 radical (unpaired) electrons. The molecule has 28 heavy (non-hydrogen) atoms. The number of rotatable bonds is 5. The number of benzene rings is 2. The molecule has 0 aliphatic rings. The normalized spacial score (nSPS) is 11.7. The molecule has 7 nitrogen and oxygen atoms in total. The van der Waals surface area contributed by atoms with E-state index in [9.17, 15) is 4.79 Å². The van der Waals surface area contributed by atoms with Gasteiger partial charge in [-0.1, -0.05) is 35.6 Å². The first-order valence-electron chi connectivity index (χ1n) is 8.79. The number of carbonyl (C=O) groups is 1.